The standard InChI is InChI=1S/C22H19ClN6O2/c1-13-3-4-14(21(30)27-16-7-5-15(23)6-8-16)11-18(13)28-22(31)29(2)20-17-9-10-24-19(17)25-12-26-20/h3-12H,1-2H3,(H,27,30)(H,28,31)(H,24,25,26). The van der Waals surface area contributed by atoms with E-state index in [9.17, 15) is 9.59 Å². The summed E-state index contributed by atoms with van der Waals surface area (Å²) in [6.45, 7) is 1.85. The van der Waals surface area contributed by atoms with E-state index in [1.807, 2.05) is 6.92 Å². The average molecular weight is 435 g/mol. The van der Waals surface area contributed by atoms with Crippen molar-refractivity contribution in [1.29, 1.82) is 0 Å². The lowest BCUT2D eigenvalue weighted by Crippen LogP contribution is -2.32. The third kappa shape index (κ3) is 4.34. The van der Waals surface area contributed by atoms with E-state index in [1.54, 1.807) is 61.8 Å². The minimum Gasteiger partial charge on any atom is -0.346 e. The molecule has 0 saturated carbocycles. The molecule has 2 heterocycles. The van der Waals surface area contributed by atoms with Crippen LogP contribution in [-0.4, -0.2) is 33.9 Å². The van der Waals surface area contributed by atoms with Crippen molar-refractivity contribution in [2.75, 3.05) is 22.6 Å². The summed E-state index contributed by atoms with van der Waals surface area (Å²) in [7, 11) is 1.62. The molecule has 8 nitrogen and oxygen atoms in total. The molecule has 0 aliphatic rings. The van der Waals surface area contributed by atoms with Gasteiger partial charge < -0.3 is 15.6 Å². The number of nitrogens with zero attached hydrogens (tertiary/aromatic N) is 3. The molecular weight excluding hydrogens is 416 g/mol. The summed E-state index contributed by atoms with van der Waals surface area (Å²) in [5.74, 6) is 0.175. The lowest BCUT2D eigenvalue weighted by Gasteiger charge is -2.19. The third-order valence-corrected chi connectivity index (χ3v) is 5.05. The first-order chi connectivity index (χ1) is 14.9. The summed E-state index contributed by atoms with van der Waals surface area (Å²) in [5, 5.41) is 6.98. The van der Waals surface area contributed by atoms with Gasteiger partial charge in [0.05, 0.1) is 5.39 Å². The van der Waals surface area contributed by atoms with Gasteiger partial charge in [-0.3, -0.25) is 9.69 Å². The van der Waals surface area contributed by atoms with Crippen LogP contribution in [0.3, 0.4) is 0 Å². The minimum atomic E-state index is -0.389. The summed E-state index contributed by atoms with van der Waals surface area (Å²) in [6, 6.07) is 13.4. The summed E-state index contributed by atoms with van der Waals surface area (Å²) in [5.41, 5.74) is 3.02. The molecule has 0 saturated heterocycles. The molecule has 156 valence electrons. The molecule has 9 heteroatoms. The number of nitrogens with one attached hydrogen (secondary N) is 3. The Morgan fingerprint density at radius 2 is 1.81 bits per heavy atom. The van der Waals surface area contributed by atoms with Gasteiger partial charge in [-0.15, -0.1) is 0 Å². The number of hydrogen-bond acceptors (Lipinski definition) is 4. The van der Waals surface area contributed by atoms with Crippen LogP contribution >= 0.6 is 11.6 Å². The number of H-pyrrole nitrogens is 1. The predicted molar refractivity (Wildman–Crippen MR) is 122 cm³/mol. The number of aromatic nitrogens is 3. The van der Waals surface area contributed by atoms with Crippen molar-refractivity contribution in [3.63, 3.8) is 0 Å². The van der Waals surface area contributed by atoms with Crippen molar-refractivity contribution < 1.29 is 9.59 Å². The Hall–Kier alpha value is -3.91. The highest BCUT2D eigenvalue weighted by Crippen LogP contribution is 2.23. The zero-order valence-electron chi connectivity index (χ0n) is 16.8. The van der Waals surface area contributed by atoms with Crippen LogP contribution in [0.15, 0.2) is 61.1 Å². The number of benzene rings is 2. The van der Waals surface area contributed by atoms with E-state index in [2.05, 4.69) is 25.6 Å². The molecule has 3 N–H and O–H groups in total. The molecule has 0 spiro atoms. The van der Waals surface area contributed by atoms with Gasteiger partial charge in [0.1, 0.15) is 17.8 Å². The fraction of sp³-hybridized carbons (Fsp3) is 0.0909. The van der Waals surface area contributed by atoms with Gasteiger partial charge in [0.25, 0.3) is 5.91 Å². The maximum atomic E-state index is 12.9. The summed E-state index contributed by atoms with van der Waals surface area (Å²) in [6.07, 6.45) is 3.13. The van der Waals surface area contributed by atoms with Crippen LogP contribution in [0.2, 0.25) is 5.02 Å². The first-order valence-electron chi connectivity index (χ1n) is 9.43. The second-order valence-electron chi connectivity index (χ2n) is 6.92. The average Bonchev–Trinajstić information content (AvgIpc) is 3.25. The Kier molecular flexibility index (Phi) is 5.55. The normalized spacial score (nSPS) is 10.7. The number of aryl methyl sites for hydroxylation is 1. The van der Waals surface area contributed by atoms with Gasteiger partial charge in [0, 0.05) is 35.2 Å². The highest BCUT2D eigenvalue weighted by Gasteiger charge is 2.18. The number of amides is 3. The number of halogens is 1. The maximum Gasteiger partial charge on any atom is 0.327 e. The molecule has 0 aliphatic carbocycles. The number of fused-ring (bicyclic) bond motifs is 1. The number of carbonyl (C=O) groups excluding carboxylic acids is 2. The molecule has 0 fully saturated rings. The maximum absolute atomic E-state index is 12.9. The summed E-state index contributed by atoms with van der Waals surface area (Å²) < 4.78 is 0. The summed E-state index contributed by atoms with van der Waals surface area (Å²) in [4.78, 5) is 38.3. The molecule has 0 radical (unpaired) electrons. The van der Waals surface area contributed by atoms with Crippen LogP contribution in [0, 0.1) is 6.92 Å². The molecular formula is C22H19ClN6O2. The number of carbonyl (C=O) groups is 2. The number of aromatic amines is 1. The highest BCUT2D eigenvalue weighted by atomic mass is 35.5. The Labute approximate surface area is 183 Å². The van der Waals surface area contributed by atoms with Crippen molar-refractivity contribution in [2.24, 2.45) is 0 Å². The monoisotopic (exact) mass is 434 g/mol. The molecule has 4 rings (SSSR count). The van der Waals surface area contributed by atoms with Crippen molar-refractivity contribution in [3.8, 4) is 0 Å². The van der Waals surface area contributed by atoms with Gasteiger partial charge in [-0.2, -0.15) is 0 Å². The lowest BCUT2D eigenvalue weighted by molar-refractivity contribution is 0.102. The third-order valence-electron chi connectivity index (χ3n) is 4.80. The van der Waals surface area contributed by atoms with E-state index < -0.39 is 0 Å². The number of hydrogen-bond donors (Lipinski definition) is 3. The van der Waals surface area contributed by atoms with Crippen LogP contribution in [0.25, 0.3) is 11.0 Å². The molecule has 3 amide bonds. The predicted octanol–water partition coefficient (Wildman–Crippen LogP) is 4.84. The largest absolute Gasteiger partial charge is 0.346 e. The van der Waals surface area contributed by atoms with Crippen molar-refractivity contribution in [2.45, 2.75) is 6.92 Å². The molecule has 0 aliphatic heterocycles. The van der Waals surface area contributed by atoms with Crippen molar-refractivity contribution in [3.05, 3.63) is 77.2 Å². The zero-order chi connectivity index (χ0) is 22.0. The number of rotatable bonds is 4. The zero-order valence-corrected chi connectivity index (χ0v) is 17.6. The Morgan fingerprint density at radius 1 is 1.03 bits per heavy atom. The van der Waals surface area contributed by atoms with E-state index in [4.69, 9.17) is 11.6 Å². The Balaban J connectivity index is 1.53. The van der Waals surface area contributed by atoms with Crippen LogP contribution in [0.4, 0.5) is 22.0 Å². The van der Waals surface area contributed by atoms with Gasteiger partial charge in [0.2, 0.25) is 0 Å². The van der Waals surface area contributed by atoms with Gasteiger partial charge in [-0.25, -0.2) is 14.8 Å². The van der Waals surface area contributed by atoms with Gasteiger partial charge in [-0.1, -0.05) is 17.7 Å². The fourth-order valence-corrected chi connectivity index (χ4v) is 3.18. The second kappa shape index (κ2) is 8.45. The van der Waals surface area contributed by atoms with E-state index in [-0.39, 0.29) is 11.9 Å². The minimum absolute atomic E-state index is 0.295. The van der Waals surface area contributed by atoms with E-state index in [0.717, 1.165) is 10.9 Å². The Morgan fingerprint density at radius 3 is 2.58 bits per heavy atom. The Bertz CT molecular complexity index is 1270. The second-order valence-corrected chi connectivity index (χ2v) is 7.35. The molecule has 2 aromatic heterocycles. The topological polar surface area (TPSA) is 103 Å². The van der Waals surface area contributed by atoms with Crippen LogP contribution in [-0.2, 0) is 0 Å². The fourth-order valence-electron chi connectivity index (χ4n) is 3.06. The van der Waals surface area contributed by atoms with E-state index in [1.165, 1.54) is 11.2 Å². The molecule has 4 aromatic rings. The van der Waals surface area contributed by atoms with E-state index >= 15 is 0 Å². The number of urea groups is 1. The van der Waals surface area contributed by atoms with Crippen LogP contribution < -0.4 is 15.5 Å². The molecule has 0 bridgehead atoms. The number of anilines is 3. The quantitative estimate of drug-likeness (QED) is 0.427. The van der Waals surface area contributed by atoms with E-state index in [0.29, 0.717) is 33.4 Å². The van der Waals surface area contributed by atoms with Crippen LogP contribution in [0.1, 0.15) is 15.9 Å². The highest BCUT2D eigenvalue weighted by molar-refractivity contribution is 6.30. The van der Waals surface area contributed by atoms with Gasteiger partial charge >= 0.3 is 6.03 Å². The van der Waals surface area contributed by atoms with Crippen LogP contribution in [0.5, 0.6) is 0 Å². The first kappa shape index (κ1) is 20.4. The first-order valence-corrected chi connectivity index (χ1v) is 9.80. The molecule has 0 unspecified atom stereocenters. The SMILES string of the molecule is Cc1ccc(C(=O)Nc2ccc(Cl)cc2)cc1NC(=O)N(C)c1ncnc2[nH]ccc12. The van der Waals surface area contributed by atoms with Crippen molar-refractivity contribution >= 4 is 51.8 Å². The smallest absolute Gasteiger partial charge is 0.327 e. The molecule has 31 heavy (non-hydrogen) atoms. The lowest BCUT2D eigenvalue weighted by atomic mass is 10.1. The molecule has 0 atom stereocenters. The van der Waals surface area contributed by atoms with Crippen molar-refractivity contribution in [1.82, 2.24) is 15.0 Å². The van der Waals surface area contributed by atoms with Gasteiger partial charge in [-0.05, 0) is 55.0 Å². The van der Waals surface area contributed by atoms with Gasteiger partial charge in [0.15, 0.2) is 0 Å². The summed E-state index contributed by atoms with van der Waals surface area (Å²) >= 11 is 5.88. The molecule has 2 aromatic carbocycles.